The Labute approximate surface area is 77.3 Å². The highest BCUT2D eigenvalue weighted by atomic mass is 32.3. The molecule has 0 aromatic carbocycles. The van der Waals surface area contributed by atoms with Crippen LogP contribution in [0.15, 0.2) is 0 Å². The van der Waals surface area contributed by atoms with E-state index in [0.29, 0.717) is 13.1 Å². The van der Waals surface area contributed by atoms with Crippen LogP contribution in [0.25, 0.3) is 0 Å². The molecule has 0 unspecified atom stereocenters. The van der Waals surface area contributed by atoms with Gasteiger partial charge in [-0.25, -0.2) is 0 Å². The van der Waals surface area contributed by atoms with Crippen LogP contribution >= 0.6 is 0 Å². The third-order valence-electron chi connectivity index (χ3n) is 0.788. The van der Waals surface area contributed by atoms with Crippen molar-refractivity contribution in [1.29, 1.82) is 0 Å². The van der Waals surface area contributed by atoms with Crippen molar-refractivity contribution in [2.45, 2.75) is 0 Å². The molecule has 0 radical (unpaired) electrons. The minimum absolute atomic E-state index is 0.139. The maximum Gasteiger partial charge on any atom is 0.397 e. The van der Waals surface area contributed by atoms with E-state index in [-0.39, 0.29) is 13.2 Å². The maximum absolute atomic E-state index is 9.33. The number of rotatable bonds is 5. The predicted octanol–water partition coefficient (Wildman–Crippen LogP) is -2.00. The lowest BCUT2D eigenvalue weighted by Crippen LogP contribution is -2.21. The van der Waals surface area contributed by atoms with Crippen LogP contribution in [0, 0.1) is 0 Å². The second kappa shape index (κ2) is 9.84. The SMILES string of the molecule is COS(=O)(=O)O.OCCNCCO. The van der Waals surface area contributed by atoms with Gasteiger partial charge in [0.15, 0.2) is 0 Å². The monoisotopic (exact) mass is 217 g/mol. The van der Waals surface area contributed by atoms with Gasteiger partial charge in [-0.1, -0.05) is 0 Å². The zero-order valence-electron chi connectivity index (χ0n) is 7.30. The van der Waals surface area contributed by atoms with Gasteiger partial charge in [0.2, 0.25) is 0 Å². The van der Waals surface area contributed by atoms with Crippen molar-refractivity contribution in [3.05, 3.63) is 0 Å². The molecule has 7 nitrogen and oxygen atoms in total. The van der Waals surface area contributed by atoms with Crippen LogP contribution < -0.4 is 5.32 Å². The molecule has 0 fully saturated rings. The molecule has 4 N–H and O–H groups in total. The summed E-state index contributed by atoms with van der Waals surface area (Å²) in [6.45, 7) is 1.42. The van der Waals surface area contributed by atoms with Gasteiger partial charge in [0.05, 0.1) is 20.3 Å². The molecule has 13 heavy (non-hydrogen) atoms. The molecule has 0 saturated heterocycles. The first-order valence-corrected chi connectivity index (χ1v) is 4.80. The van der Waals surface area contributed by atoms with E-state index in [0.717, 1.165) is 7.11 Å². The smallest absolute Gasteiger partial charge is 0.395 e. The molecule has 0 aliphatic carbocycles. The summed E-state index contributed by atoms with van der Waals surface area (Å²) < 4.78 is 29.7. The normalized spacial score (nSPS) is 10.5. The largest absolute Gasteiger partial charge is 0.397 e. The highest BCUT2D eigenvalue weighted by molar-refractivity contribution is 7.80. The van der Waals surface area contributed by atoms with E-state index < -0.39 is 10.4 Å². The van der Waals surface area contributed by atoms with Crippen molar-refractivity contribution in [2.75, 3.05) is 33.4 Å². The summed E-state index contributed by atoms with van der Waals surface area (Å²) in [6.07, 6.45) is 0. The van der Waals surface area contributed by atoms with Crippen molar-refractivity contribution in [1.82, 2.24) is 5.32 Å². The van der Waals surface area contributed by atoms with Crippen molar-refractivity contribution in [3.8, 4) is 0 Å². The summed E-state index contributed by atoms with van der Waals surface area (Å²) in [7, 11) is -3.29. The summed E-state index contributed by atoms with van der Waals surface area (Å²) in [5.41, 5.74) is 0. The third-order valence-corrected chi connectivity index (χ3v) is 1.21. The highest BCUT2D eigenvalue weighted by Crippen LogP contribution is 1.74. The first kappa shape index (κ1) is 15.2. The minimum Gasteiger partial charge on any atom is -0.395 e. The molecule has 0 amide bonds. The molecule has 0 aliphatic rings. The molecule has 82 valence electrons. The zero-order chi connectivity index (χ0) is 10.7. The number of aliphatic hydroxyl groups is 2. The summed E-state index contributed by atoms with van der Waals surface area (Å²) >= 11 is 0. The molecule has 0 spiro atoms. The summed E-state index contributed by atoms with van der Waals surface area (Å²) in [5, 5.41) is 19.1. The van der Waals surface area contributed by atoms with E-state index in [1.54, 1.807) is 0 Å². The molecular weight excluding hydrogens is 202 g/mol. The maximum atomic E-state index is 9.33. The number of hydrogen-bond donors (Lipinski definition) is 4. The van der Waals surface area contributed by atoms with E-state index in [4.69, 9.17) is 14.8 Å². The lowest BCUT2D eigenvalue weighted by molar-refractivity contribution is 0.266. The van der Waals surface area contributed by atoms with E-state index in [1.165, 1.54) is 0 Å². The Balaban J connectivity index is 0. The van der Waals surface area contributed by atoms with Gasteiger partial charge in [0.1, 0.15) is 0 Å². The molecule has 0 rings (SSSR count). The Kier molecular flexibility index (Phi) is 11.5. The topological polar surface area (TPSA) is 116 Å². The predicted molar refractivity (Wildman–Crippen MR) is 45.6 cm³/mol. The average molecular weight is 217 g/mol. The van der Waals surface area contributed by atoms with E-state index >= 15 is 0 Å². The fourth-order valence-corrected chi connectivity index (χ4v) is 0.283. The van der Waals surface area contributed by atoms with Crippen LogP contribution in [0.5, 0.6) is 0 Å². The second-order valence-corrected chi connectivity index (χ2v) is 2.98. The molecule has 0 bridgehead atoms. The molecule has 0 aliphatic heterocycles. The summed E-state index contributed by atoms with van der Waals surface area (Å²) in [6, 6.07) is 0. The van der Waals surface area contributed by atoms with Gasteiger partial charge >= 0.3 is 10.4 Å². The van der Waals surface area contributed by atoms with Crippen LogP contribution in [0.2, 0.25) is 0 Å². The Morgan fingerprint density at radius 1 is 1.23 bits per heavy atom. The van der Waals surface area contributed by atoms with Gasteiger partial charge in [-0.05, 0) is 0 Å². The van der Waals surface area contributed by atoms with E-state index in [9.17, 15) is 8.42 Å². The van der Waals surface area contributed by atoms with E-state index in [1.807, 2.05) is 0 Å². The second-order valence-electron chi connectivity index (χ2n) is 1.79. The van der Waals surface area contributed by atoms with Crippen molar-refractivity contribution < 1.29 is 27.4 Å². The summed E-state index contributed by atoms with van der Waals surface area (Å²) in [5.74, 6) is 0. The van der Waals surface area contributed by atoms with Crippen LogP contribution in [0.4, 0.5) is 0 Å². The molecular formula is C5H15NO6S. The van der Waals surface area contributed by atoms with Gasteiger partial charge in [-0.2, -0.15) is 8.42 Å². The van der Waals surface area contributed by atoms with Crippen LogP contribution in [-0.4, -0.2) is 56.6 Å². The Morgan fingerprint density at radius 2 is 1.54 bits per heavy atom. The van der Waals surface area contributed by atoms with Crippen LogP contribution in [-0.2, 0) is 14.6 Å². The zero-order valence-corrected chi connectivity index (χ0v) is 8.12. The van der Waals surface area contributed by atoms with Gasteiger partial charge < -0.3 is 15.5 Å². The fraction of sp³-hybridized carbons (Fsp3) is 1.00. The molecule has 0 aromatic rings. The van der Waals surface area contributed by atoms with Crippen molar-refractivity contribution in [3.63, 3.8) is 0 Å². The first-order valence-electron chi connectivity index (χ1n) is 3.43. The number of nitrogens with one attached hydrogen (secondary N) is 1. The van der Waals surface area contributed by atoms with Gasteiger partial charge in [-0.3, -0.25) is 8.74 Å². The lowest BCUT2D eigenvalue weighted by Gasteiger charge is -1.94. The standard InChI is InChI=1S/C4H11NO2.CH4O4S/c6-3-1-5-2-4-7;1-5-6(2,3)4/h5-7H,1-4H2;1H3,(H,2,3,4). The highest BCUT2D eigenvalue weighted by Gasteiger charge is 1.94. The fourth-order valence-electron chi connectivity index (χ4n) is 0.283. The average Bonchev–Trinajstić information content (AvgIpc) is 2.06. The third kappa shape index (κ3) is 24.5. The first-order chi connectivity index (χ1) is 5.97. The number of hydrogen-bond acceptors (Lipinski definition) is 6. The Bertz CT molecular complexity index is 175. The lowest BCUT2D eigenvalue weighted by atomic mass is 10.6. The quantitative estimate of drug-likeness (QED) is 0.311. The molecule has 8 heteroatoms. The minimum atomic E-state index is -4.16. The van der Waals surface area contributed by atoms with Crippen LogP contribution in [0.3, 0.4) is 0 Å². The van der Waals surface area contributed by atoms with Crippen LogP contribution in [0.1, 0.15) is 0 Å². The van der Waals surface area contributed by atoms with E-state index in [2.05, 4.69) is 9.50 Å². The number of aliphatic hydroxyl groups excluding tert-OH is 2. The van der Waals surface area contributed by atoms with Crippen molar-refractivity contribution in [2.24, 2.45) is 0 Å². The Hall–Kier alpha value is -0.250. The summed E-state index contributed by atoms with van der Waals surface area (Å²) in [4.78, 5) is 0. The molecule has 0 aromatic heterocycles. The van der Waals surface area contributed by atoms with Gasteiger partial charge in [0.25, 0.3) is 0 Å². The molecule has 0 saturated carbocycles. The van der Waals surface area contributed by atoms with Gasteiger partial charge in [-0.15, -0.1) is 0 Å². The molecule has 0 atom stereocenters. The Morgan fingerprint density at radius 3 is 1.69 bits per heavy atom. The molecule has 0 heterocycles. The van der Waals surface area contributed by atoms with Gasteiger partial charge in [0, 0.05) is 13.1 Å². The van der Waals surface area contributed by atoms with Crippen molar-refractivity contribution >= 4 is 10.4 Å².